The molecular weight excluding hydrogens is 318 g/mol. The van der Waals surface area contributed by atoms with Crippen LogP contribution in [-0.2, 0) is 0 Å². The number of rotatable bonds is 2. The number of carbonyl (C=O) groups is 1. The number of amides is 1. The smallest absolute Gasteiger partial charge is 0.253 e. The molecule has 1 aliphatic carbocycles. The maximum Gasteiger partial charge on any atom is 0.253 e. The predicted octanol–water partition coefficient (Wildman–Crippen LogP) is 2.18. The van der Waals surface area contributed by atoms with Crippen LogP contribution in [0.25, 0.3) is 5.52 Å². The van der Waals surface area contributed by atoms with Gasteiger partial charge in [-0.1, -0.05) is 0 Å². The van der Waals surface area contributed by atoms with Crippen LogP contribution in [0.15, 0.2) is 35.1 Å². The van der Waals surface area contributed by atoms with Gasteiger partial charge in [0.2, 0.25) is 0 Å². The molecule has 3 unspecified atom stereocenters. The van der Waals surface area contributed by atoms with Gasteiger partial charge in [-0.15, -0.1) is 0 Å². The summed E-state index contributed by atoms with van der Waals surface area (Å²) in [4.78, 5) is 12.4. The van der Waals surface area contributed by atoms with Gasteiger partial charge in [-0.3, -0.25) is 4.79 Å². The third kappa shape index (κ3) is 1.96. The summed E-state index contributed by atoms with van der Waals surface area (Å²) in [5.41, 5.74) is 1.79. The summed E-state index contributed by atoms with van der Waals surface area (Å²) in [7, 11) is 0. The Morgan fingerprint density at radius 3 is 2.90 bits per heavy atom. The van der Waals surface area contributed by atoms with Gasteiger partial charge < -0.3 is 15.0 Å². The van der Waals surface area contributed by atoms with Crippen LogP contribution in [-0.4, -0.2) is 28.9 Å². The first-order chi connectivity index (χ1) is 9.70. The van der Waals surface area contributed by atoms with E-state index in [1.165, 1.54) is 6.42 Å². The molecule has 2 aromatic rings. The van der Waals surface area contributed by atoms with Crippen molar-refractivity contribution in [2.75, 3.05) is 6.54 Å². The topological polar surface area (TPSA) is 45.5 Å². The summed E-state index contributed by atoms with van der Waals surface area (Å²) in [5, 5.41) is 6.66. The minimum absolute atomic E-state index is 0.0325. The number of aromatic nitrogens is 1. The average molecular weight is 334 g/mol. The molecule has 1 saturated carbocycles. The summed E-state index contributed by atoms with van der Waals surface area (Å²) in [6, 6.07) is 8.81. The quantitative estimate of drug-likeness (QED) is 0.884. The molecule has 2 N–H and O–H groups in total. The van der Waals surface area contributed by atoms with Gasteiger partial charge >= 0.3 is 0 Å². The highest BCUT2D eigenvalue weighted by Crippen LogP contribution is 2.31. The van der Waals surface area contributed by atoms with E-state index >= 15 is 0 Å². The van der Waals surface area contributed by atoms with Crippen LogP contribution in [0.1, 0.15) is 23.2 Å². The predicted molar refractivity (Wildman–Crippen MR) is 80.9 cm³/mol. The largest absolute Gasteiger partial charge is 0.349 e. The highest BCUT2D eigenvalue weighted by Gasteiger charge is 2.40. The van der Waals surface area contributed by atoms with Crippen molar-refractivity contribution in [1.82, 2.24) is 15.0 Å². The Morgan fingerprint density at radius 1 is 1.30 bits per heavy atom. The third-order valence-electron chi connectivity index (χ3n) is 4.54. The number of carbonyl (C=O) groups excluding carboxylic acids is 1. The lowest BCUT2D eigenvalue weighted by Gasteiger charge is -2.23. The van der Waals surface area contributed by atoms with Crippen molar-refractivity contribution in [3.8, 4) is 0 Å². The van der Waals surface area contributed by atoms with Crippen LogP contribution >= 0.6 is 15.9 Å². The summed E-state index contributed by atoms with van der Waals surface area (Å²) in [5.74, 6) is 0.635. The van der Waals surface area contributed by atoms with Crippen LogP contribution in [0.5, 0.6) is 0 Å². The molecule has 4 nitrogen and oxygen atoms in total. The van der Waals surface area contributed by atoms with Crippen LogP contribution < -0.4 is 10.6 Å². The monoisotopic (exact) mass is 333 g/mol. The second kappa shape index (κ2) is 4.60. The summed E-state index contributed by atoms with van der Waals surface area (Å²) in [6.07, 6.45) is 4.15. The number of hydrogen-bond acceptors (Lipinski definition) is 2. The average Bonchev–Trinajstić information content (AvgIpc) is 3.15. The third-order valence-corrected chi connectivity index (χ3v) is 5.19. The van der Waals surface area contributed by atoms with Gasteiger partial charge in [0, 0.05) is 30.3 Å². The Morgan fingerprint density at radius 2 is 2.15 bits per heavy atom. The van der Waals surface area contributed by atoms with Crippen LogP contribution in [0.4, 0.5) is 0 Å². The van der Waals surface area contributed by atoms with Gasteiger partial charge in [0.25, 0.3) is 5.91 Å². The first-order valence-electron chi connectivity index (χ1n) is 7.01. The van der Waals surface area contributed by atoms with E-state index in [2.05, 4.69) is 26.6 Å². The van der Waals surface area contributed by atoms with Crippen molar-refractivity contribution in [1.29, 1.82) is 0 Å². The zero-order valence-electron chi connectivity index (χ0n) is 11.0. The summed E-state index contributed by atoms with van der Waals surface area (Å²) >= 11 is 3.49. The Kier molecular flexibility index (Phi) is 2.86. The zero-order chi connectivity index (χ0) is 13.7. The van der Waals surface area contributed by atoms with Crippen LogP contribution in [0, 0.1) is 5.92 Å². The number of hydrogen-bond donors (Lipinski definition) is 2. The first kappa shape index (κ1) is 12.4. The number of nitrogens with zero attached hydrogens (tertiary/aromatic N) is 1. The van der Waals surface area contributed by atoms with E-state index in [0.717, 1.165) is 23.1 Å². The van der Waals surface area contributed by atoms with E-state index in [-0.39, 0.29) is 5.91 Å². The molecular formula is C15H16BrN3O. The second-order valence-corrected chi connectivity index (χ2v) is 6.60. The first-order valence-corrected chi connectivity index (χ1v) is 7.81. The van der Waals surface area contributed by atoms with Crippen molar-refractivity contribution >= 4 is 27.4 Å². The molecule has 2 aliphatic rings. The van der Waals surface area contributed by atoms with E-state index in [1.807, 2.05) is 34.9 Å². The van der Waals surface area contributed by atoms with Gasteiger partial charge in [-0.25, -0.2) is 0 Å². The van der Waals surface area contributed by atoms with E-state index in [1.54, 1.807) is 0 Å². The Hall–Kier alpha value is -1.33. The molecule has 1 saturated heterocycles. The highest BCUT2D eigenvalue weighted by molar-refractivity contribution is 9.10. The molecule has 0 radical (unpaired) electrons. The molecule has 1 aliphatic heterocycles. The molecule has 1 amide bonds. The van der Waals surface area contributed by atoms with Gasteiger partial charge in [-0.2, -0.15) is 0 Å². The lowest BCUT2D eigenvalue weighted by Crippen LogP contribution is -2.44. The van der Waals surface area contributed by atoms with Gasteiger partial charge in [0.1, 0.15) is 0 Å². The lowest BCUT2D eigenvalue weighted by atomic mass is 10.0. The van der Waals surface area contributed by atoms with Crippen molar-refractivity contribution in [2.24, 2.45) is 5.92 Å². The number of halogens is 1. The molecule has 0 aromatic carbocycles. The molecule has 2 fully saturated rings. The van der Waals surface area contributed by atoms with Crippen molar-refractivity contribution in [3.63, 3.8) is 0 Å². The Labute approximate surface area is 125 Å². The molecule has 5 heteroatoms. The highest BCUT2D eigenvalue weighted by atomic mass is 79.9. The fraction of sp³-hybridized carbons (Fsp3) is 0.400. The van der Waals surface area contributed by atoms with Crippen LogP contribution in [0.3, 0.4) is 0 Å². The van der Waals surface area contributed by atoms with Crippen LogP contribution in [0.2, 0.25) is 0 Å². The van der Waals surface area contributed by atoms with Crippen molar-refractivity contribution < 1.29 is 4.79 Å². The molecule has 2 aromatic heterocycles. The number of piperidine rings is 1. The van der Waals surface area contributed by atoms with E-state index < -0.39 is 0 Å². The normalized spacial score (nSPS) is 28.1. The van der Waals surface area contributed by atoms with Gasteiger partial charge in [-0.05, 0) is 59.0 Å². The van der Waals surface area contributed by atoms with Crippen molar-refractivity contribution in [2.45, 2.75) is 24.9 Å². The minimum atomic E-state index is 0.0325. The molecule has 0 spiro atoms. The maximum atomic E-state index is 12.4. The Balaban J connectivity index is 1.56. The number of fused-ring (bicyclic) bond motifs is 3. The van der Waals surface area contributed by atoms with Crippen molar-refractivity contribution in [3.05, 3.63) is 40.6 Å². The molecule has 3 heterocycles. The lowest BCUT2D eigenvalue weighted by molar-refractivity contribution is 0.0924. The molecule has 2 bridgehead atoms. The van der Waals surface area contributed by atoms with Gasteiger partial charge in [0.15, 0.2) is 0 Å². The van der Waals surface area contributed by atoms with E-state index in [4.69, 9.17) is 0 Å². The standard InChI is InChI=1S/C15H16BrN3O/c16-14-4-3-12-2-1-9(8-19(12)14)15(20)18-13-6-11-5-10(13)7-17-11/h1-4,8,10-11,13,17H,5-7H2,(H,18,20). The fourth-order valence-electron chi connectivity index (χ4n) is 3.47. The van der Waals surface area contributed by atoms with Gasteiger partial charge in [0.05, 0.1) is 10.2 Å². The number of pyridine rings is 1. The van der Waals surface area contributed by atoms with E-state index in [9.17, 15) is 4.79 Å². The number of nitrogens with one attached hydrogen (secondary N) is 2. The zero-order valence-corrected chi connectivity index (χ0v) is 12.6. The molecule has 3 atom stereocenters. The Bertz CT molecular complexity index is 681. The summed E-state index contributed by atoms with van der Waals surface area (Å²) < 4.78 is 2.95. The summed E-state index contributed by atoms with van der Waals surface area (Å²) in [6.45, 7) is 1.04. The maximum absolute atomic E-state index is 12.4. The molecule has 4 rings (SSSR count). The molecule has 104 valence electrons. The SMILES string of the molecule is O=C(NC1CC2CC1CN2)c1ccc2ccc(Br)n2c1. The second-order valence-electron chi connectivity index (χ2n) is 5.79. The van der Waals surface area contributed by atoms with E-state index in [0.29, 0.717) is 23.6 Å². The minimum Gasteiger partial charge on any atom is -0.349 e. The molecule has 20 heavy (non-hydrogen) atoms. The fourth-order valence-corrected chi connectivity index (χ4v) is 3.90.